The van der Waals surface area contributed by atoms with Crippen LogP contribution in [0.25, 0.3) is 11.3 Å². The zero-order chi connectivity index (χ0) is 16.5. The molecule has 1 aliphatic rings. The number of hydrogen-bond donors (Lipinski definition) is 1. The number of hydrogen-bond acceptors (Lipinski definition) is 4. The Morgan fingerprint density at radius 1 is 1.08 bits per heavy atom. The molecule has 0 radical (unpaired) electrons. The minimum absolute atomic E-state index is 0.562. The molecule has 4 nitrogen and oxygen atoms in total. The van der Waals surface area contributed by atoms with Crippen molar-refractivity contribution < 1.29 is 4.74 Å². The molecule has 2 aromatic carbocycles. The highest BCUT2D eigenvalue weighted by molar-refractivity contribution is 6.30. The molecule has 4 rings (SSSR count). The number of halogens is 1. The van der Waals surface area contributed by atoms with E-state index in [4.69, 9.17) is 21.3 Å². The fourth-order valence-corrected chi connectivity index (χ4v) is 3.16. The lowest BCUT2D eigenvalue weighted by Crippen LogP contribution is -2.09. The van der Waals surface area contributed by atoms with E-state index in [2.05, 4.69) is 16.4 Å². The topological polar surface area (TPSA) is 47.0 Å². The molecule has 0 unspecified atom stereocenters. The van der Waals surface area contributed by atoms with Gasteiger partial charge in [-0.2, -0.15) is 0 Å². The lowest BCUT2D eigenvalue weighted by atomic mass is 9.90. The van der Waals surface area contributed by atoms with Crippen LogP contribution in [0.2, 0.25) is 5.02 Å². The average molecular weight is 338 g/mol. The van der Waals surface area contributed by atoms with Crippen LogP contribution in [0.5, 0.6) is 5.75 Å². The number of aryl methyl sites for hydroxylation is 2. The van der Waals surface area contributed by atoms with Gasteiger partial charge in [0.25, 0.3) is 0 Å². The molecule has 0 saturated heterocycles. The van der Waals surface area contributed by atoms with Crippen molar-refractivity contribution in [3.8, 4) is 17.0 Å². The summed E-state index contributed by atoms with van der Waals surface area (Å²) in [7, 11) is 1.68. The fourth-order valence-electron chi connectivity index (χ4n) is 2.97. The average Bonchev–Trinajstić information content (AvgIpc) is 2.61. The predicted molar refractivity (Wildman–Crippen MR) is 96.2 cm³/mol. The van der Waals surface area contributed by atoms with Crippen molar-refractivity contribution in [2.24, 2.45) is 0 Å². The predicted octanol–water partition coefficient (Wildman–Crippen LogP) is 4.65. The Hall–Kier alpha value is -2.59. The quantitative estimate of drug-likeness (QED) is 0.755. The maximum absolute atomic E-state index is 6.03. The van der Waals surface area contributed by atoms with Gasteiger partial charge in [-0.1, -0.05) is 23.7 Å². The summed E-state index contributed by atoms with van der Waals surface area (Å²) in [6.45, 7) is 0. The molecule has 0 atom stereocenters. The number of benzene rings is 2. The van der Waals surface area contributed by atoms with E-state index in [1.807, 2.05) is 42.6 Å². The molecule has 3 aromatic rings. The second-order valence-corrected chi connectivity index (χ2v) is 6.16. The third-order valence-electron chi connectivity index (χ3n) is 4.18. The molecule has 1 N–H and O–H groups in total. The van der Waals surface area contributed by atoms with E-state index < -0.39 is 0 Å². The van der Waals surface area contributed by atoms with Crippen LogP contribution in [0.3, 0.4) is 0 Å². The van der Waals surface area contributed by atoms with E-state index in [0.717, 1.165) is 41.1 Å². The molecule has 0 saturated carbocycles. The second kappa shape index (κ2) is 6.13. The van der Waals surface area contributed by atoms with Crippen LogP contribution in [0, 0.1) is 0 Å². The van der Waals surface area contributed by atoms with Gasteiger partial charge in [0.05, 0.1) is 12.8 Å². The minimum atomic E-state index is 0.562. The Morgan fingerprint density at radius 2 is 1.96 bits per heavy atom. The van der Waals surface area contributed by atoms with Gasteiger partial charge in [-0.25, -0.2) is 9.97 Å². The van der Waals surface area contributed by atoms with Gasteiger partial charge in [0, 0.05) is 22.5 Å². The van der Waals surface area contributed by atoms with Crippen LogP contribution in [0.1, 0.15) is 11.1 Å². The summed E-state index contributed by atoms with van der Waals surface area (Å²) in [4.78, 5) is 9.17. The van der Waals surface area contributed by atoms with Gasteiger partial charge >= 0.3 is 0 Å². The maximum Gasteiger partial charge on any atom is 0.227 e. The van der Waals surface area contributed by atoms with Gasteiger partial charge in [-0.05, 0) is 54.3 Å². The molecule has 1 aliphatic carbocycles. The number of ether oxygens (including phenoxy) is 1. The number of fused-ring (bicyclic) bond motifs is 3. The first-order valence-electron chi connectivity index (χ1n) is 7.79. The van der Waals surface area contributed by atoms with E-state index in [-0.39, 0.29) is 0 Å². The summed E-state index contributed by atoms with van der Waals surface area (Å²) in [5.41, 5.74) is 5.40. The number of nitrogens with one attached hydrogen (secondary N) is 1. The number of methoxy groups -OCH3 is 1. The first kappa shape index (κ1) is 15.0. The van der Waals surface area contributed by atoms with Crippen LogP contribution in [0.4, 0.5) is 11.6 Å². The largest absolute Gasteiger partial charge is 0.497 e. The number of nitrogens with zero attached hydrogens (tertiary/aromatic N) is 2. The van der Waals surface area contributed by atoms with E-state index >= 15 is 0 Å². The van der Waals surface area contributed by atoms with Crippen LogP contribution in [-0.4, -0.2) is 17.1 Å². The smallest absolute Gasteiger partial charge is 0.227 e. The van der Waals surface area contributed by atoms with Gasteiger partial charge in [-0.3, -0.25) is 0 Å². The SMILES string of the molecule is COc1ccc2c(c1)-c1nc(Nc3cccc(Cl)c3)ncc1CC2. The summed E-state index contributed by atoms with van der Waals surface area (Å²) >= 11 is 6.03. The second-order valence-electron chi connectivity index (χ2n) is 5.73. The van der Waals surface area contributed by atoms with Crippen molar-refractivity contribution in [2.45, 2.75) is 12.8 Å². The van der Waals surface area contributed by atoms with E-state index in [1.165, 1.54) is 5.56 Å². The molecule has 5 heteroatoms. The van der Waals surface area contributed by atoms with Crippen molar-refractivity contribution in [3.05, 3.63) is 64.8 Å². The van der Waals surface area contributed by atoms with Crippen LogP contribution >= 0.6 is 11.6 Å². The number of aromatic nitrogens is 2. The molecular weight excluding hydrogens is 322 g/mol. The Morgan fingerprint density at radius 3 is 2.79 bits per heavy atom. The maximum atomic E-state index is 6.03. The molecule has 24 heavy (non-hydrogen) atoms. The summed E-state index contributed by atoms with van der Waals surface area (Å²) in [5, 5.41) is 3.89. The molecule has 0 bridgehead atoms. The third kappa shape index (κ3) is 2.81. The summed E-state index contributed by atoms with van der Waals surface area (Å²) < 4.78 is 5.36. The minimum Gasteiger partial charge on any atom is -0.497 e. The van der Waals surface area contributed by atoms with Crippen LogP contribution in [-0.2, 0) is 12.8 Å². The molecule has 1 heterocycles. The molecule has 1 aromatic heterocycles. The first-order chi connectivity index (χ1) is 11.7. The zero-order valence-electron chi connectivity index (χ0n) is 13.2. The zero-order valence-corrected chi connectivity index (χ0v) is 14.0. The van der Waals surface area contributed by atoms with Gasteiger partial charge in [0.1, 0.15) is 5.75 Å². The monoisotopic (exact) mass is 337 g/mol. The fraction of sp³-hybridized carbons (Fsp3) is 0.158. The highest BCUT2D eigenvalue weighted by Gasteiger charge is 2.19. The van der Waals surface area contributed by atoms with E-state index in [0.29, 0.717) is 11.0 Å². The van der Waals surface area contributed by atoms with Gasteiger partial charge < -0.3 is 10.1 Å². The highest BCUT2D eigenvalue weighted by Crippen LogP contribution is 2.35. The summed E-state index contributed by atoms with van der Waals surface area (Å²) in [5.74, 6) is 1.40. The summed E-state index contributed by atoms with van der Waals surface area (Å²) in [6, 6.07) is 13.7. The molecular formula is C19H16ClN3O. The van der Waals surface area contributed by atoms with E-state index in [9.17, 15) is 0 Å². The van der Waals surface area contributed by atoms with Crippen LogP contribution < -0.4 is 10.1 Å². The van der Waals surface area contributed by atoms with Crippen molar-refractivity contribution in [1.29, 1.82) is 0 Å². The van der Waals surface area contributed by atoms with Crippen molar-refractivity contribution in [2.75, 3.05) is 12.4 Å². The summed E-state index contributed by atoms with van der Waals surface area (Å²) in [6.07, 6.45) is 3.85. The number of anilines is 2. The van der Waals surface area contributed by atoms with Crippen molar-refractivity contribution in [3.63, 3.8) is 0 Å². The Balaban J connectivity index is 1.74. The molecule has 120 valence electrons. The molecule has 0 amide bonds. The molecule has 0 spiro atoms. The highest BCUT2D eigenvalue weighted by atomic mass is 35.5. The third-order valence-corrected chi connectivity index (χ3v) is 4.42. The normalized spacial score (nSPS) is 12.2. The van der Waals surface area contributed by atoms with Gasteiger partial charge in [-0.15, -0.1) is 0 Å². The van der Waals surface area contributed by atoms with Gasteiger partial charge in [0.15, 0.2) is 0 Å². The van der Waals surface area contributed by atoms with Gasteiger partial charge in [0.2, 0.25) is 5.95 Å². The standard InChI is InChI=1S/C19H16ClN3O/c1-24-16-8-7-12-5-6-13-11-21-19(23-18(13)17(12)10-16)22-15-4-2-3-14(20)9-15/h2-4,7-11H,5-6H2,1H3,(H,21,22,23). The Bertz CT molecular complexity index is 911. The van der Waals surface area contributed by atoms with E-state index in [1.54, 1.807) is 7.11 Å². The van der Waals surface area contributed by atoms with Crippen LogP contribution in [0.15, 0.2) is 48.7 Å². The molecule has 0 aliphatic heterocycles. The Labute approximate surface area is 145 Å². The lowest BCUT2D eigenvalue weighted by molar-refractivity contribution is 0.415. The molecule has 0 fully saturated rings. The lowest BCUT2D eigenvalue weighted by Gasteiger charge is -2.20. The van der Waals surface area contributed by atoms with Crippen molar-refractivity contribution in [1.82, 2.24) is 9.97 Å². The Kier molecular flexibility index (Phi) is 3.82. The number of rotatable bonds is 3. The first-order valence-corrected chi connectivity index (χ1v) is 8.16. The van der Waals surface area contributed by atoms with Crippen molar-refractivity contribution >= 4 is 23.2 Å².